The number of carbonyl (C=O) groups excluding carboxylic acids is 3. The second-order valence-electron chi connectivity index (χ2n) is 9.57. The first-order valence-electron chi connectivity index (χ1n) is 13.0. The molecule has 2 amide bonds. The van der Waals surface area contributed by atoms with Crippen LogP contribution in [0.15, 0.2) is 48.7 Å². The van der Waals surface area contributed by atoms with Gasteiger partial charge >= 0.3 is 18.0 Å². The second kappa shape index (κ2) is 15.9. The lowest BCUT2D eigenvalue weighted by atomic mass is 10.0. The van der Waals surface area contributed by atoms with Crippen molar-refractivity contribution in [2.45, 2.75) is 32.5 Å². The molecule has 44 heavy (non-hydrogen) atoms. The van der Waals surface area contributed by atoms with Crippen molar-refractivity contribution in [2.75, 3.05) is 20.4 Å². The molecule has 1 heterocycles. The quantitative estimate of drug-likeness (QED) is 0.113. The van der Waals surface area contributed by atoms with Crippen molar-refractivity contribution in [2.24, 2.45) is 5.92 Å². The number of aromatic nitrogens is 3. The number of carbonyl (C=O) groups is 4. The summed E-state index contributed by atoms with van der Waals surface area (Å²) in [6.07, 6.45) is -1.53. The standard InChI is InChI=1S/C27H30Cl2N6O9/c1-15(2)23(30-27(41)42-3)26(40)43-14-44-35-12-21(31-33-35)24(37)32-34(13-22(36)25(38)39)11-16-4-6-17(7-5-16)19-10-18(28)8-9-20(19)29/h4-10,12,15,22-23,36H,11,13-14H2,1-3H3,(H,30,41)(H,32,37)(H,38,39)/t22-,23?/m1/s1. The van der Waals surface area contributed by atoms with Crippen LogP contribution in [0.1, 0.15) is 29.9 Å². The average Bonchev–Trinajstić information content (AvgIpc) is 3.46. The number of carboxylic acid groups (broad SMARTS) is 1. The van der Waals surface area contributed by atoms with Crippen LogP contribution in [0.3, 0.4) is 0 Å². The fraction of sp³-hybridized carbons (Fsp3) is 0.333. The summed E-state index contributed by atoms with van der Waals surface area (Å²) in [7, 11) is 1.16. The van der Waals surface area contributed by atoms with Gasteiger partial charge in [0.2, 0.25) is 0 Å². The van der Waals surface area contributed by atoms with E-state index in [2.05, 4.69) is 25.8 Å². The van der Waals surface area contributed by atoms with Crippen molar-refractivity contribution in [1.29, 1.82) is 0 Å². The second-order valence-corrected chi connectivity index (χ2v) is 10.4. The number of hydrogen-bond acceptors (Lipinski definition) is 11. The molecular formula is C27H30Cl2N6O9. The number of halogens is 2. The molecule has 2 aromatic carbocycles. The Morgan fingerprint density at radius 2 is 1.80 bits per heavy atom. The van der Waals surface area contributed by atoms with E-state index in [0.717, 1.165) is 29.3 Å². The molecular weight excluding hydrogens is 623 g/mol. The molecule has 0 saturated carbocycles. The molecule has 0 fully saturated rings. The highest BCUT2D eigenvalue weighted by atomic mass is 35.5. The molecule has 0 aliphatic rings. The predicted molar refractivity (Wildman–Crippen MR) is 155 cm³/mol. The van der Waals surface area contributed by atoms with E-state index in [0.29, 0.717) is 15.6 Å². The Morgan fingerprint density at radius 3 is 2.43 bits per heavy atom. The van der Waals surface area contributed by atoms with Crippen LogP contribution in [0.2, 0.25) is 10.0 Å². The smallest absolute Gasteiger partial charge is 0.407 e. The molecule has 0 bridgehead atoms. The molecule has 0 radical (unpaired) electrons. The van der Waals surface area contributed by atoms with Crippen molar-refractivity contribution in [1.82, 2.24) is 30.9 Å². The number of ether oxygens (including phenoxy) is 2. The molecule has 4 N–H and O–H groups in total. The normalized spacial score (nSPS) is 12.4. The van der Waals surface area contributed by atoms with Crippen LogP contribution in [0.5, 0.6) is 0 Å². The summed E-state index contributed by atoms with van der Waals surface area (Å²) < 4.78 is 9.50. The fourth-order valence-electron chi connectivity index (χ4n) is 3.69. The molecule has 3 rings (SSSR count). The van der Waals surface area contributed by atoms with Gasteiger partial charge in [0.15, 0.2) is 11.8 Å². The van der Waals surface area contributed by atoms with Crippen LogP contribution < -0.4 is 15.6 Å². The van der Waals surface area contributed by atoms with Gasteiger partial charge in [0.25, 0.3) is 12.7 Å². The van der Waals surface area contributed by atoms with Gasteiger partial charge in [-0.15, -0.1) is 5.10 Å². The van der Waals surface area contributed by atoms with Crippen LogP contribution in [-0.4, -0.2) is 86.9 Å². The molecule has 15 nitrogen and oxygen atoms in total. The Labute approximate surface area is 261 Å². The summed E-state index contributed by atoms with van der Waals surface area (Å²) in [5.41, 5.74) is 4.43. The monoisotopic (exact) mass is 652 g/mol. The van der Waals surface area contributed by atoms with Gasteiger partial charge in [0.1, 0.15) is 12.2 Å². The molecule has 0 aliphatic heterocycles. The number of nitrogens with zero attached hydrogens (tertiary/aromatic N) is 4. The summed E-state index contributed by atoms with van der Waals surface area (Å²) in [4.78, 5) is 53.9. The Morgan fingerprint density at radius 1 is 1.09 bits per heavy atom. The molecule has 1 aromatic heterocycles. The fourth-order valence-corrected chi connectivity index (χ4v) is 4.09. The minimum Gasteiger partial charge on any atom is -0.479 e. The molecule has 17 heteroatoms. The summed E-state index contributed by atoms with van der Waals surface area (Å²) >= 11 is 12.4. The minimum atomic E-state index is -1.81. The highest BCUT2D eigenvalue weighted by Gasteiger charge is 2.26. The van der Waals surface area contributed by atoms with Gasteiger partial charge < -0.3 is 29.8 Å². The van der Waals surface area contributed by atoms with Crippen molar-refractivity contribution in [3.8, 4) is 11.1 Å². The maximum Gasteiger partial charge on any atom is 0.407 e. The number of amides is 2. The highest BCUT2D eigenvalue weighted by molar-refractivity contribution is 6.35. The Kier molecular flexibility index (Phi) is 12.3. The maximum absolute atomic E-state index is 12.9. The van der Waals surface area contributed by atoms with E-state index in [1.54, 1.807) is 56.3 Å². The molecule has 1 unspecified atom stereocenters. The Hall–Kier alpha value is -4.44. The summed E-state index contributed by atoms with van der Waals surface area (Å²) in [5.74, 6) is -3.38. The molecule has 3 aromatic rings. The number of alkyl carbamates (subject to hydrolysis) is 1. The minimum absolute atomic E-state index is 0.0108. The Balaban J connectivity index is 1.63. The Bertz CT molecular complexity index is 1470. The number of rotatable bonds is 14. The third-order valence-corrected chi connectivity index (χ3v) is 6.54. The summed E-state index contributed by atoms with van der Waals surface area (Å²) in [6, 6.07) is 11.1. The highest BCUT2D eigenvalue weighted by Crippen LogP contribution is 2.30. The zero-order valence-corrected chi connectivity index (χ0v) is 25.3. The largest absolute Gasteiger partial charge is 0.479 e. The van der Waals surface area contributed by atoms with E-state index in [9.17, 15) is 29.4 Å². The molecule has 0 spiro atoms. The number of hydrogen-bond donors (Lipinski definition) is 4. The average molecular weight is 653 g/mol. The lowest BCUT2D eigenvalue weighted by Gasteiger charge is -2.24. The van der Waals surface area contributed by atoms with Gasteiger partial charge in [-0.1, -0.05) is 66.2 Å². The van der Waals surface area contributed by atoms with Crippen LogP contribution in [-0.2, 0) is 25.6 Å². The van der Waals surface area contributed by atoms with E-state index in [4.69, 9.17) is 32.8 Å². The van der Waals surface area contributed by atoms with Crippen molar-refractivity contribution in [3.63, 3.8) is 0 Å². The number of hydrazine groups is 1. The maximum atomic E-state index is 12.9. The lowest BCUT2D eigenvalue weighted by molar-refractivity contribution is -0.161. The first-order chi connectivity index (χ1) is 20.9. The number of esters is 1. The van der Waals surface area contributed by atoms with Crippen LogP contribution in [0.25, 0.3) is 11.1 Å². The predicted octanol–water partition coefficient (Wildman–Crippen LogP) is 2.15. The third-order valence-electron chi connectivity index (χ3n) is 5.98. The van der Waals surface area contributed by atoms with Gasteiger partial charge in [0.05, 0.1) is 13.7 Å². The number of aliphatic carboxylic acids is 1. The first kappa shape index (κ1) is 34.1. The topological polar surface area (TPSA) is 194 Å². The van der Waals surface area contributed by atoms with Gasteiger partial charge in [-0.05, 0) is 40.5 Å². The molecule has 236 valence electrons. The number of benzene rings is 2. The van der Waals surface area contributed by atoms with E-state index in [1.165, 1.54) is 5.01 Å². The number of methoxy groups -OCH3 is 1. The van der Waals surface area contributed by atoms with Gasteiger partial charge in [-0.25, -0.2) is 19.4 Å². The van der Waals surface area contributed by atoms with Gasteiger partial charge in [-0.3, -0.25) is 10.2 Å². The summed E-state index contributed by atoms with van der Waals surface area (Å²) in [5, 5.41) is 31.0. The summed E-state index contributed by atoms with van der Waals surface area (Å²) in [6.45, 7) is 2.31. The lowest BCUT2D eigenvalue weighted by Crippen LogP contribution is -2.47. The number of aliphatic hydroxyl groups excluding tert-OH is 1. The number of aliphatic hydroxyl groups is 1. The van der Waals surface area contributed by atoms with Crippen molar-refractivity contribution >= 4 is 47.1 Å². The van der Waals surface area contributed by atoms with Crippen LogP contribution >= 0.6 is 23.2 Å². The first-order valence-corrected chi connectivity index (χ1v) is 13.7. The van der Waals surface area contributed by atoms with Gasteiger partial charge in [-0.2, -0.15) is 0 Å². The van der Waals surface area contributed by atoms with Crippen molar-refractivity contribution < 1.29 is 43.7 Å². The number of carboxylic acids is 1. The van der Waals surface area contributed by atoms with Crippen LogP contribution in [0.4, 0.5) is 4.79 Å². The molecule has 0 saturated heterocycles. The van der Waals surface area contributed by atoms with E-state index < -0.39 is 49.4 Å². The zero-order valence-electron chi connectivity index (χ0n) is 23.8. The van der Waals surface area contributed by atoms with E-state index in [-0.39, 0.29) is 18.2 Å². The molecule has 0 aliphatic carbocycles. The van der Waals surface area contributed by atoms with Crippen LogP contribution in [0, 0.1) is 5.92 Å². The number of nitrogens with one attached hydrogen (secondary N) is 2. The zero-order chi connectivity index (χ0) is 32.4. The van der Waals surface area contributed by atoms with E-state index >= 15 is 0 Å². The van der Waals surface area contributed by atoms with Gasteiger partial charge in [0, 0.05) is 22.2 Å². The van der Waals surface area contributed by atoms with E-state index in [1.807, 2.05) is 0 Å². The van der Waals surface area contributed by atoms with Crippen molar-refractivity contribution in [3.05, 3.63) is 70.0 Å². The SMILES string of the molecule is COC(=O)NC(C(=O)OCOn1cc(C(=O)NN(Cc2ccc(-c3cc(Cl)ccc3Cl)cc2)C[C@@H](O)C(=O)O)nn1)C(C)C. The molecule has 2 atom stereocenters. The third kappa shape index (κ3) is 9.80.